The molecule has 0 unspecified atom stereocenters. The highest BCUT2D eigenvalue weighted by Gasteiger charge is 2.20. The second kappa shape index (κ2) is 9.65. The average molecular weight is 401 g/mol. The minimum absolute atomic E-state index is 0. The zero-order valence-electron chi connectivity index (χ0n) is 12.5. The van der Waals surface area contributed by atoms with Crippen molar-refractivity contribution < 1.29 is 4.74 Å². The molecule has 0 aromatic heterocycles. The fourth-order valence-electron chi connectivity index (χ4n) is 1.81. The molecule has 21 heavy (non-hydrogen) atoms. The molecule has 1 saturated carbocycles. The van der Waals surface area contributed by atoms with Crippen LogP contribution in [0.5, 0.6) is 5.75 Å². The Morgan fingerprint density at radius 3 is 2.62 bits per heavy atom. The maximum absolute atomic E-state index is 5.15. The van der Waals surface area contributed by atoms with Crippen LogP contribution in [0.25, 0.3) is 0 Å². The normalized spacial score (nSPS) is 14.0. The van der Waals surface area contributed by atoms with Crippen molar-refractivity contribution in [2.75, 3.05) is 20.2 Å². The summed E-state index contributed by atoms with van der Waals surface area (Å²) < 4.78 is 5.15. The molecule has 116 valence electrons. The van der Waals surface area contributed by atoms with Crippen molar-refractivity contribution in [1.29, 1.82) is 0 Å². The van der Waals surface area contributed by atoms with Crippen molar-refractivity contribution >= 4 is 29.9 Å². The molecule has 2 N–H and O–H groups in total. The number of methoxy groups -OCH3 is 1. The molecule has 1 fully saturated rings. The summed E-state index contributed by atoms with van der Waals surface area (Å²) in [4.78, 5) is 4.59. The van der Waals surface area contributed by atoms with Gasteiger partial charge in [-0.3, -0.25) is 0 Å². The number of rotatable bonds is 7. The summed E-state index contributed by atoms with van der Waals surface area (Å²) in [6, 6.07) is 7.99. The van der Waals surface area contributed by atoms with Crippen molar-refractivity contribution in [3.05, 3.63) is 42.5 Å². The molecular weight excluding hydrogens is 377 g/mol. The van der Waals surface area contributed by atoms with Crippen LogP contribution in [0.3, 0.4) is 0 Å². The summed E-state index contributed by atoms with van der Waals surface area (Å²) >= 11 is 0. The molecule has 4 nitrogen and oxygen atoms in total. The molecule has 1 aliphatic carbocycles. The van der Waals surface area contributed by atoms with Crippen molar-refractivity contribution in [3.63, 3.8) is 0 Å². The molecule has 0 bridgehead atoms. The van der Waals surface area contributed by atoms with E-state index in [2.05, 4.69) is 22.2 Å². The van der Waals surface area contributed by atoms with Gasteiger partial charge in [-0.15, -0.1) is 30.6 Å². The van der Waals surface area contributed by atoms with Gasteiger partial charge in [0.25, 0.3) is 0 Å². The van der Waals surface area contributed by atoms with Gasteiger partial charge in [-0.25, -0.2) is 4.99 Å². The Labute approximate surface area is 144 Å². The number of hydrogen-bond donors (Lipinski definition) is 2. The molecule has 1 aromatic rings. The Morgan fingerprint density at radius 2 is 2.05 bits per heavy atom. The van der Waals surface area contributed by atoms with Gasteiger partial charge in [-0.1, -0.05) is 18.2 Å². The van der Waals surface area contributed by atoms with Crippen LogP contribution in [0.2, 0.25) is 0 Å². The number of guanidine groups is 1. The lowest BCUT2D eigenvalue weighted by molar-refractivity contribution is 0.414. The van der Waals surface area contributed by atoms with E-state index in [1.165, 1.54) is 12.8 Å². The lowest BCUT2D eigenvalue weighted by Crippen LogP contribution is -2.38. The second-order valence-electron chi connectivity index (χ2n) is 5.01. The fourth-order valence-corrected chi connectivity index (χ4v) is 1.81. The van der Waals surface area contributed by atoms with Crippen LogP contribution in [0, 0.1) is 5.92 Å². The molecule has 1 aromatic carbocycles. The molecule has 0 aliphatic heterocycles. The SMILES string of the molecule is C=CCNC(=NCc1ccc(OC)cc1)NCC1CC1.I. The maximum Gasteiger partial charge on any atom is 0.191 e. The van der Waals surface area contributed by atoms with Gasteiger partial charge < -0.3 is 15.4 Å². The molecule has 0 atom stereocenters. The summed E-state index contributed by atoms with van der Waals surface area (Å²) in [5, 5.41) is 6.62. The van der Waals surface area contributed by atoms with Crippen LogP contribution in [0.15, 0.2) is 41.9 Å². The average Bonchev–Trinajstić information content (AvgIpc) is 3.31. The van der Waals surface area contributed by atoms with E-state index in [-0.39, 0.29) is 24.0 Å². The van der Waals surface area contributed by atoms with E-state index in [4.69, 9.17) is 4.74 Å². The van der Waals surface area contributed by atoms with Crippen molar-refractivity contribution in [1.82, 2.24) is 10.6 Å². The number of ether oxygens (including phenoxy) is 1. The zero-order valence-corrected chi connectivity index (χ0v) is 14.8. The number of hydrogen-bond acceptors (Lipinski definition) is 2. The van der Waals surface area contributed by atoms with Crippen LogP contribution in [-0.2, 0) is 6.54 Å². The first kappa shape index (κ1) is 17.8. The van der Waals surface area contributed by atoms with E-state index in [1.807, 2.05) is 30.3 Å². The molecule has 5 heteroatoms. The van der Waals surface area contributed by atoms with E-state index >= 15 is 0 Å². The van der Waals surface area contributed by atoms with Crippen LogP contribution in [0.4, 0.5) is 0 Å². The lowest BCUT2D eigenvalue weighted by atomic mass is 10.2. The predicted molar refractivity (Wildman–Crippen MR) is 98.5 cm³/mol. The number of halogens is 1. The van der Waals surface area contributed by atoms with Gasteiger partial charge in [0.15, 0.2) is 5.96 Å². The zero-order chi connectivity index (χ0) is 14.2. The van der Waals surface area contributed by atoms with Gasteiger partial charge in [0.05, 0.1) is 13.7 Å². The molecule has 0 saturated heterocycles. The Bertz CT molecular complexity index is 455. The van der Waals surface area contributed by atoms with Crippen molar-refractivity contribution in [2.24, 2.45) is 10.9 Å². The van der Waals surface area contributed by atoms with Crippen molar-refractivity contribution in [3.8, 4) is 5.75 Å². The Hall–Kier alpha value is -1.24. The summed E-state index contributed by atoms with van der Waals surface area (Å²) in [5.41, 5.74) is 1.16. The third kappa shape index (κ3) is 6.84. The number of nitrogens with zero attached hydrogens (tertiary/aromatic N) is 1. The monoisotopic (exact) mass is 401 g/mol. The third-order valence-electron chi connectivity index (χ3n) is 3.25. The highest BCUT2D eigenvalue weighted by atomic mass is 127. The summed E-state index contributed by atoms with van der Waals surface area (Å²) in [5.74, 6) is 2.55. The molecule has 0 amide bonds. The van der Waals surface area contributed by atoms with Crippen LogP contribution >= 0.6 is 24.0 Å². The quantitative estimate of drug-likeness (QED) is 0.320. The van der Waals surface area contributed by atoms with Crippen LogP contribution in [0.1, 0.15) is 18.4 Å². The molecule has 0 radical (unpaired) electrons. The Morgan fingerprint density at radius 1 is 1.33 bits per heavy atom. The van der Waals surface area contributed by atoms with Crippen LogP contribution in [-0.4, -0.2) is 26.2 Å². The minimum Gasteiger partial charge on any atom is -0.497 e. The molecular formula is C16H24IN3O. The van der Waals surface area contributed by atoms with E-state index < -0.39 is 0 Å². The van der Waals surface area contributed by atoms with Crippen molar-refractivity contribution in [2.45, 2.75) is 19.4 Å². The Balaban J connectivity index is 0.00000220. The van der Waals surface area contributed by atoms with Gasteiger partial charge in [0.1, 0.15) is 5.75 Å². The first-order valence-corrected chi connectivity index (χ1v) is 7.08. The number of benzene rings is 1. The minimum atomic E-state index is 0. The number of aliphatic imine (C=N–C) groups is 1. The van der Waals surface area contributed by atoms with E-state index in [0.29, 0.717) is 6.54 Å². The lowest BCUT2D eigenvalue weighted by Gasteiger charge is -2.11. The molecule has 1 aliphatic rings. The van der Waals surface area contributed by atoms with E-state index in [1.54, 1.807) is 7.11 Å². The van der Waals surface area contributed by atoms with Gasteiger partial charge in [0.2, 0.25) is 0 Å². The van der Waals surface area contributed by atoms with Gasteiger partial charge in [0, 0.05) is 13.1 Å². The maximum atomic E-state index is 5.15. The van der Waals surface area contributed by atoms with E-state index in [9.17, 15) is 0 Å². The molecule has 0 spiro atoms. The topological polar surface area (TPSA) is 45.7 Å². The Kier molecular flexibility index (Phi) is 8.19. The van der Waals surface area contributed by atoms with Crippen LogP contribution < -0.4 is 15.4 Å². The summed E-state index contributed by atoms with van der Waals surface area (Å²) in [6.45, 7) is 6.10. The predicted octanol–water partition coefficient (Wildman–Crippen LogP) is 2.94. The highest BCUT2D eigenvalue weighted by molar-refractivity contribution is 14.0. The largest absolute Gasteiger partial charge is 0.497 e. The highest BCUT2D eigenvalue weighted by Crippen LogP contribution is 2.27. The summed E-state index contributed by atoms with van der Waals surface area (Å²) in [6.07, 6.45) is 4.50. The van der Waals surface area contributed by atoms with E-state index in [0.717, 1.165) is 36.3 Å². The smallest absolute Gasteiger partial charge is 0.191 e. The first-order valence-electron chi connectivity index (χ1n) is 7.08. The summed E-state index contributed by atoms with van der Waals surface area (Å²) in [7, 11) is 1.67. The second-order valence-corrected chi connectivity index (χ2v) is 5.01. The van der Waals surface area contributed by atoms with Gasteiger partial charge in [-0.05, 0) is 36.5 Å². The number of nitrogens with one attached hydrogen (secondary N) is 2. The standard InChI is InChI=1S/C16H23N3O.HI/c1-3-10-17-16(18-11-13-4-5-13)19-12-14-6-8-15(20-2)9-7-14;/h3,6-9,13H,1,4-5,10-12H2,2H3,(H2,17,18,19);1H. The fraction of sp³-hybridized carbons (Fsp3) is 0.438. The first-order chi connectivity index (χ1) is 9.81. The third-order valence-corrected chi connectivity index (χ3v) is 3.25. The molecule has 2 rings (SSSR count). The molecule has 0 heterocycles. The van der Waals surface area contributed by atoms with Gasteiger partial charge >= 0.3 is 0 Å². The van der Waals surface area contributed by atoms with Gasteiger partial charge in [-0.2, -0.15) is 0 Å².